The van der Waals surface area contributed by atoms with E-state index in [1.54, 1.807) is 17.6 Å². The van der Waals surface area contributed by atoms with Crippen molar-refractivity contribution >= 4 is 52.0 Å². The molecule has 2 aliphatic rings. The molecule has 0 unspecified atom stereocenters. The molecule has 0 saturated carbocycles. The number of nitrogens with one attached hydrogen (secondary N) is 2. The van der Waals surface area contributed by atoms with Gasteiger partial charge in [0, 0.05) is 36.0 Å². The molecule has 0 aliphatic heterocycles. The number of halogens is 2. The Morgan fingerprint density at radius 3 is 2.63 bits per heavy atom. The van der Waals surface area contributed by atoms with Crippen LogP contribution in [0.4, 0.5) is 10.2 Å². The summed E-state index contributed by atoms with van der Waals surface area (Å²) < 4.78 is 43.4. The minimum Gasteiger partial charge on any atom is -0.366 e. The van der Waals surface area contributed by atoms with Gasteiger partial charge in [-0.1, -0.05) is 53.1 Å². The second-order valence-corrected chi connectivity index (χ2v) is 11.8. The maximum atomic E-state index is 13.6. The van der Waals surface area contributed by atoms with Crippen LogP contribution in [0, 0.1) is 12.7 Å². The number of allylic oxidation sites excluding steroid dienone is 6. The first-order valence-corrected chi connectivity index (χ1v) is 14.4. The summed E-state index contributed by atoms with van der Waals surface area (Å²) in [5, 5.41) is 8.79. The normalized spacial score (nSPS) is 16.1. The highest BCUT2D eigenvalue weighted by Gasteiger charge is 2.19. The topological polar surface area (TPSA) is 88.4 Å². The highest BCUT2D eigenvalue weighted by Crippen LogP contribution is 2.30. The minimum atomic E-state index is -3.81. The van der Waals surface area contributed by atoms with E-state index in [9.17, 15) is 12.8 Å². The second kappa shape index (κ2) is 10.9. The third-order valence-corrected chi connectivity index (χ3v) is 8.71. The van der Waals surface area contributed by atoms with Crippen LogP contribution in [0.15, 0.2) is 75.8 Å². The molecule has 38 heavy (non-hydrogen) atoms. The van der Waals surface area contributed by atoms with Gasteiger partial charge < -0.3 is 5.32 Å². The van der Waals surface area contributed by atoms with Crippen molar-refractivity contribution in [1.82, 2.24) is 19.3 Å². The van der Waals surface area contributed by atoms with Gasteiger partial charge in [-0.25, -0.2) is 22.5 Å². The van der Waals surface area contributed by atoms with Crippen molar-refractivity contribution in [2.75, 3.05) is 18.4 Å². The molecule has 0 saturated heterocycles. The molecule has 5 rings (SSSR count). The second-order valence-electron chi connectivity index (χ2n) is 9.59. The lowest BCUT2D eigenvalue weighted by atomic mass is 9.98. The summed E-state index contributed by atoms with van der Waals surface area (Å²) >= 11 is 6.52. The highest BCUT2D eigenvalue weighted by atomic mass is 35.5. The van der Waals surface area contributed by atoms with Gasteiger partial charge in [0.05, 0.1) is 10.6 Å². The van der Waals surface area contributed by atoms with Crippen molar-refractivity contribution < 1.29 is 12.8 Å². The van der Waals surface area contributed by atoms with E-state index >= 15 is 0 Å². The zero-order chi connectivity index (χ0) is 26.9. The molecule has 7 nitrogen and oxygen atoms in total. The Hall–Kier alpha value is -3.21. The quantitative estimate of drug-likeness (QED) is 0.416. The summed E-state index contributed by atoms with van der Waals surface area (Å²) in [5.74, 6) is 0.245. The number of nitrogens with zero attached hydrogens (tertiary/aromatic N) is 3. The summed E-state index contributed by atoms with van der Waals surface area (Å²) in [6, 6.07) is 5.74. The van der Waals surface area contributed by atoms with E-state index in [0.717, 1.165) is 70.5 Å². The fourth-order valence-electron chi connectivity index (χ4n) is 4.55. The largest absolute Gasteiger partial charge is 0.366 e. The molecule has 0 spiro atoms. The lowest BCUT2D eigenvalue weighted by Crippen LogP contribution is -2.27. The third kappa shape index (κ3) is 5.62. The van der Waals surface area contributed by atoms with Crippen molar-refractivity contribution in [2.24, 2.45) is 0 Å². The van der Waals surface area contributed by atoms with Crippen molar-refractivity contribution in [1.29, 1.82) is 0 Å². The highest BCUT2D eigenvalue weighted by molar-refractivity contribution is 7.89. The summed E-state index contributed by atoms with van der Waals surface area (Å²) in [6.07, 6.45) is 13.2. The average molecular weight is 552 g/mol. The van der Waals surface area contributed by atoms with Crippen LogP contribution in [0.25, 0.3) is 11.2 Å². The molecular formula is C27H28BClFN5O2S. The van der Waals surface area contributed by atoms with Gasteiger partial charge >= 0.3 is 0 Å². The molecule has 2 N–H and O–H groups in total. The predicted molar refractivity (Wildman–Crippen MR) is 153 cm³/mol. The Balaban J connectivity index is 1.28. The molecule has 3 aromatic rings. The standard InChI is InChI=1S/C27H28BClFN5O2S/c1-17-6-11-20(30)12-25(17)38(36,37)33-15-19-9-7-18(8-10-19)14-31-26-13-24(21-4-2-3-5-23(21)29)34-27-22(28)16-32-35(26)27/h2,4,6-7,9,11-13,16,31,33H,3,5,8,10,14-15,28H2,1H3. The fraction of sp³-hybridized carbons (Fsp3) is 0.259. The van der Waals surface area contributed by atoms with Gasteiger partial charge in [0.2, 0.25) is 10.0 Å². The molecule has 1 aromatic carbocycles. The molecule has 2 heterocycles. The first kappa shape index (κ1) is 26.4. The van der Waals surface area contributed by atoms with Gasteiger partial charge in [-0.05, 0) is 55.8 Å². The van der Waals surface area contributed by atoms with Crippen LogP contribution in [-0.4, -0.2) is 44.0 Å². The molecule has 0 amide bonds. The zero-order valence-corrected chi connectivity index (χ0v) is 22.8. The molecule has 0 fully saturated rings. The Kier molecular flexibility index (Phi) is 7.56. The molecule has 0 radical (unpaired) electrons. The number of benzene rings is 1. The summed E-state index contributed by atoms with van der Waals surface area (Å²) in [5.41, 5.74) is 6.16. The van der Waals surface area contributed by atoms with Gasteiger partial charge in [0.15, 0.2) is 5.65 Å². The summed E-state index contributed by atoms with van der Waals surface area (Å²) in [7, 11) is -1.82. The average Bonchev–Trinajstić information content (AvgIpc) is 3.29. The van der Waals surface area contributed by atoms with Crippen LogP contribution >= 0.6 is 11.6 Å². The monoisotopic (exact) mass is 551 g/mol. The molecule has 196 valence electrons. The van der Waals surface area contributed by atoms with Crippen molar-refractivity contribution in [3.8, 4) is 0 Å². The van der Waals surface area contributed by atoms with Crippen LogP contribution in [0.1, 0.15) is 36.9 Å². The number of aromatic nitrogens is 3. The van der Waals surface area contributed by atoms with Crippen molar-refractivity contribution in [3.63, 3.8) is 0 Å². The van der Waals surface area contributed by atoms with Gasteiger partial charge in [0.1, 0.15) is 19.5 Å². The number of hydrogen-bond donors (Lipinski definition) is 2. The molecule has 2 aliphatic carbocycles. The first-order valence-electron chi connectivity index (χ1n) is 12.5. The smallest absolute Gasteiger partial charge is 0.241 e. The zero-order valence-electron chi connectivity index (χ0n) is 21.3. The maximum absolute atomic E-state index is 13.6. The number of aryl methyl sites for hydroxylation is 1. The molecule has 11 heteroatoms. The summed E-state index contributed by atoms with van der Waals surface area (Å²) in [4.78, 5) is 4.78. The van der Waals surface area contributed by atoms with Crippen LogP contribution in [-0.2, 0) is 10.0 Å². The van der Waals surface area contributed by atoms with Gasteiger partial charge in [-0.3, -0.25) is 0 Å². The van der Waals surface area contributed by atoms with Crippen LogP contribution in [0.5, 0.6) is 0 Å². The van der Waals surface area contributed by atoms with Crippen molar-refractivity contribution in [2.45, 2.75) is 37.5 Å². The number of fused-ring (bicyclic) bond motifs is 1. The van der Waals surface area contributed by atoms with E-state index in [1.807, 2.05) is 32.1 Å². The lowest BCUT2D eigenvalue weighted by molar-refractivity contribution is 0.578. The SMILES string of the molecule is Bc1cnn2c(NCC3=CC=C(CNS(=O)(=O)c4cc(F)ccc4C)CC3)cc(C3=C(Cl)CCC=C3)nc12. The van der Waals surface area contributed by atoms with E-state index in [4.69, 9.17) is 16.6 Å². The Morgan fingerprint density at radius 2 is 1.89 bits per heavy atom. The van der Waals surface area contributed by atoms with E-state index in [1.165, 1.54) is 17.7 Å². The van der Waals surface area contributed by atoms with E-state index < -0.39 is 15.8 Å². The molecular weight excluding hydrogens is 524 g/mol. The van der Waals surface area contributed by atoms with Crippen molar-refractivity contribution in [3.05, 3.63) is 88.0 Å². The van der Waals surface area contributed by atoms with Gasteiger partial charge in [0.25, 0.3) is 0 Å². The van der Waals surface area contributed by atoms with Crippen LogP contribution in [0.2, 0.25) is 0 Å². The predicted octanol–water partition coefficient (Wildman–Crippen LogP) is 3.77. The summed E-state index contributed by atoms with van der Waals surface area (Å²) in [6.45, 7) is 2.44. The number of sulfonamides is 1. The molecule has 2 aromatic heterocycles. The Morgan fingerprint density at radius 1 is 1.13 bits per heavy atom. The Labute approximate surface area is 227 Å². The maximum Gasteiger partial charge on any atom is 0.241 e. The van der Waals surface area contributed by atoms with E-state index in [2.05, 4.69) is 21.2 Å². The van der Waals surface area contributed by atoms with E-state index in [0.29, 0.717) is 12.1 Å². The van der Waals surface area contributed by atoms with Crippen LogP contribution in [0.3, 0.4) is 0 Å². The molecule has 0 bridgehead atoms. The van der Waals surface area contributed by atoms with Gasteiger partial charge in [-0.15, -0.1) is 0 Å². The fourth-order valence-corrected chi connectivity index (χ4v) is 6.11. The van der Waals surface area contributed by atoms with Gasteiger partial charge in [-0.2, -0.15) is 9.61 Å². The Bertz CT molecular complexity index is 1640. The minimum absolute atomic E-state index is 0.0352. The molecule has 0 atom stereocenters. The van der Waals surface area contributed by atoms with E-state index in [-0.39, 0.29) is 11.4 Å². The van der Waals surface area contributed by atoms with Crippen LogP contribution < -0.4 is 15.5 Å². The number of hydrogen-bond acceptors (Lipinski definition) is 5. The number of rotatable bonds is 8. The number of anilines is 1. The first-order chi connectivity index (χ1) is 18.2. The lowest BCUT2D eigenvalue weighted by Gasteiger charge is -2.18. The third-order valence-electron chi connectivity index (χ3n) is 6.78.